The van der Waals surface area contributed by atoms with E-state index >= 15 is 0 Å². The molecule has 1 aromatic carbocycles. The minimum absolute atomic E-state index is 0.618. The average molecular weight is 412 g/mol. The Labute approximate surface area is 179 Å². The number of benzene rings is 1. The second-order valence-corrected chi connectivity index (χ2v) is 7.23. The number of hydrogen-bond acceptors (Lipinski definition) is 5. The van der Waals surface area contributed by atoms with Crippen molar-refractivity contribution in [2.45, 2.75) is 64.7 Å². The Hall–Kier alpha value is -2.89. The van der Waals surface area contributed by atoms with E-state index in [4.69, 9.17) is 9.57 Å². The Balaban J connectivity index is 1.55. The summed E-state index contributed by atoms with van der Waals surface area (Å²) in [5, 5.41) is 6.26. The van der Waals surface area contributed by atoms with Crippen LogP contribution in [-0.4, -0.2) is 23.9 Å². The maximum atomic E-state index is 11.8. The molecule has 1 amide bonds. The van der Waals surface area contributed by atoms with Crippen LogP contribution >= 0.6 is 0 Å². The van der Waals surface area contributed by atoms with E-state index in [0.29, 0.717) is 12.3 Å². The summed E-state index contributed by atoms with van der Waals surface area (Å²) < 4.78 is 5.77. The summed E-state index contributed by atoms with van der Waals surface area (Å²) in [7, 11) is 0. The normalized spacial score (nSPS) is 10.8. The molecule has 0 aliphatic heterocycles. The third kappa shape index (κ3) is 10.6. The first-order valence-corrected chi connectivity index (χ1v) is 10.9. The summed E-state index contributed by atoms with van der Waals surface area (Å²) in [6, 6.07) is 10.8. The van der Waals surface area contributed by atoms with Gasteiger partial charge in [0.15, 0.2) is 0 Å². The lowest BCUT2D eigenvalue weighted by atomic mass is 10.1. The molecule has 0 unspecified atom stereocenters. The number of ether oxygens (including phenoxy) is 1. The molecule has 0 atom stereocenters. The molecule has 2 aromatic rings. The number of rotatable bonds is 14. The number of amides is 1. The highest BCUT2D eigenvalue weighted by Gasteiger charge is 2.03. The van der Waals surface area contributed by atoms with Gasteiger partial charge in [0.05, 0.1) is 12.8 Å². The molecule has 30 heavy (non-hydrogen) atoms. The molecule has 0 radical (unpaired) electrons. The van der Waals surface area contributed by atoms with Crippen LogP contribution in [-0.2, 0) is 4.84 Å². The van der Waals surface area contributed by atoms with Crippen LogP contribution in [0, 0.1) is 0 Å². The molecule has 0 saturated carbocycles. The molecule has 1 N–H and O–H groups in total. The van der Waals surface area contributed by atoms with Crippen molar-refractivity contribution < 1.29 is 14.4 Å². The molecule has 0 spiro atoms. The van der Waals surface area contributed by atoms with Crippen molar-refractivity contribution in [1.29, 1.82) is 0 Å². The number of hydrogen-bond donors (Lipinski definition) is 1. The number of aromatic nitrogens is 1. The summed E-state index contributed by atoms with van der Waals surface area (Å²) in [6.07, 6.45) is 15.7. The van der Waals surface area contributed by atoms with Crippen molar-refractivity contribution in [3.8, 4) is 5.75 Å². The fourth-order valence-electron chi connectivity index (χ4n) is 2.97. The van der Waals surface area contributed by atoms with Crippen molar-refractivity contribution in [2.75, 3.05) is 11.9 Å². The first-order chi connectivity index (χ1) is 14.8. The highest BCUT2D eigenvalue weighted by molar-refractivity contribution is 5.85. The van der Waals surface area contributed by atoms with E-state index in [2.05, 4.69) is 22.4 Å². The van der Waals surface area contributed by atoms with Gasteiger partial charge >= 0.3 is 6.09 Å². The number of unbranched alkanes of at least 4 members (excludes halogenated alkanes) is 8. The van der Waals surface area contributed by atoms with Gasteiger partial charge in [0.25, 0.3) is 0 Å². The van der Waals surface area contributed by atoms with Crippen LogP contribution < -0.4 is 10.1 Å². The fraction of sp³-hybridized carbons (Fsp3) is 0.458. The van der Waals surface area contributed by atoms with Gasteiger partial charge < -0.3 is 4.74 Å². The van der Waals surface area contributed by atoms with Crippen LogP contribution in [0.25, 0.3) is 0 Å². The predicted octanol–water partition coefficient (Wildman–Crippen LogP) is 6.57. The van der Waals surface area contributed by atoms with E-state index in [0.717, 1.165) is 17.7 Å². The van der Waals surface area contributed by atoms with Crippen molar-refractivity contribution in [1.82, 2.24) is 4.98 Å². The largest absolute Gasteiger partial charge is 0.494 e. The zero-order chi connectivity index (χ0) is 21.3. The minimum Gasteiger partial charge on any atom is -0.494 e. The van der Waals surface area contributed by atoms with Gasteiger partial charge in [-0.25, -0.2) is 4.79 Å². The highest BCUT2D eigenvalue weighted by atomic mass is 16.7. The van der Waals surface area contributed by atoms with Crippen molar-refractivity contribution >= 4 is 18.0 Å². The SMILES string of the molecule is CCCCCCCCCCCOc1ccc(NC(=O)ON=Cc2cccnc2)cc1. The van der Waals surface area contributed by atoms with E-state index in [-0.39, 0.29) is 0 Å². The Morgan fingerprint density at radius 3 is 2.37 bits per heavy atom. The van der Waals surface area contributed by atoms with Crippen molar-refractivity contribution in [2.24, 2.45) is 5.16 Å². The quantitative estimate of drug-likeness (QED) is 0.165. The third-order valence-corrected chi connectivity index (χ3v) is 4.64. The smallest absolute Gasteiger partial charge is 0.437 e. The summed E-state index contributed by atoms with van der Waals surface area (Å²) in [4.78, 5) is 20.5. The molecule has 0 aliphatic rings. The maximum absolute atomic E-state index is 11.8. The Bertz CT molecular complexity index is 733. The van der Waals surface area contributed by atoms with Crippen LogP contribution in [0.4, 0.5) is 10.5 Å². The first kappa shape index (κ1) is 23.4. The molecule has 6 nitrogen and oxygen atoms in total. The molecule has 1 heterocycles. The van der Waals surface area contributed by atoms with E-state index in [9.17, 15) is 4.79 Å². The lowest BCUT2D eigenvalue weighted by Crippen LogP contribution is -2.10. The van der Waals surface area contributed by atoms with E-state index in [1.165, 1.54) is 57.6 Å². The van der Waals surface area contributed by atoms with Crippen LogP contribution in [0.5, 0.6) is 5.75 Å². The van der Waals surface area contributed by atoms with E-state index in [1.807, 2.05) is 18.2 Å². The highest BCUT2D eigenvalue weighted by Crippen LogP contribution is 2.17. The van der Waals surface area contributed by atoms with Gasteiger partial charge in [-0.3, -0.25) is 15.1 Å². The number of carbonyl (C=O) groups excluding carboxylic acids is 1. The molecule has 162 valence electrons. The standard InChI is InChI=1S/C24H33N3O3/c1-2-3-4-5-6-7-8-9-10-18-29-23-15-13-22(14-16-23)27-24(28)30-26-20-21-12-11-17-25-19-21/h11-17,19-20H,2-10,18H2,1H3,(H,27,28). The van der Waals surface area contributed by atoms with Gasteiger partial charge in [-0.1, -0.05) is 69.5 Å². The molecule has 0 bridgehead atoms. The Morgan fingerprint density at radius 1 is 1.00 bits per heavy atom. The Morgan fingerprint density at radius 2 is 1.70 bits per heavy atom. The number of nitrogens with zero attached hydrogens (tertiary/aromatic N) is 2. The number of nitrogens with one attached hydrogen (secondary N) is 1. The summed E-state index contributed by atoms with van der Waals surface area (Å²) in [6.45, 7) is 2.97. The van der Waals surface area contributed by atoms with Gasteiger partial charge in [0.1, 0.15) is 5.75 Å². The Kier molecular flexibility index (Phi) is 11.7. The molecule has 0 saturated heterocycles. The molecule has 6 heteroatoms. The van der Waals surface area contributed by atoms with Gasteiger partial charge in [0.2, 0.25) is 0 Å². The van der Waals surface area contributed by atoms with Crippen LogP contribution in [0.1, 0.15) is 70.3 Å². The number of anilines is 1. The lowest BCUT2D eigenvalue weighted by molar-refractivity contribution is 0.167. The molecule has 1 aromatic heterocycles. The number of pyridine rings is 1. The molecule has 0 fully saturated rings. The van der Waals surface area contributed by atoms with Gasteiger partial charge in [-0.2, -0.15) is 0 Å². The molecular weight excluding hydrogens is 378 g/mol. The second kappa shape index (κ2) is 15.0. The molecule has 0 aliphatic carbocycles. The van der Waals surface area contributed by atoms with Crippen LogP contribution in [0.15, 0.2) is 53.9 Å². The minimum atomic E-state index is -0.654. The zero-order valence-corrected chi connectivity index (χ0v) is 17.9. The average Bonchev–Trinajstić information content (AvgIpc) is 2.77. The predicted molar refractivity (Wildman–Crippen MR) is 121 cm³/mol. The van der Waals surface area contributed by atoms with Crippen LogP contribution in [0.2, 0.25) is 0 Å². The van der Waals surface area contributed by atoms with Gasteiger partial charge in [-0.15, -0.1) is 0 Å². The molecule has 2 rings (SSSR count). The third-order valence-electron chi connectivity index (χ3n) is 4.64. The summed E-state index contributed by atoms with van der Waals surface area (Å²) in [5.41, 5.74) is 1.37. The van der Waals surface area contributed by atoms with Crippen LogP contribution in [0.3, 0.4) is 0 Å². The fourth-order valence-corrected chi connectivity index (χ4v) is 2.97. The van der Waals surface area contributed by atoms with Crippen molar-refractivity contribution in [3.63, 3.8) is 0 Å². The molecular formula is C24H33N3O3. The van der Waals surface area contributed by atoms with E-state index < -0.39 is 6.09 Å². The van der Waals surface area contributed by atoms with E-state index in [1.54, 1.807) is 30.6 Å². The first-order valence-electron chi connectivity index (χ1n) is 10.9. The second-order valence-electron chi connectivity index (χ2n) is 7.23. The number of carbonyl (C=O) groups is 1. The van der Waals surface area contributed by atoms with Gasteiger partial charge in [-0.05, 0) is 36.8 Å². The summed E-state index contributed by atoms with van der Waals surface area (Å²) >= 11 is 0. The van der Waals surface area contributed by atoms with Gasteiger partial charge in [0, 0.05) is 23.6 Å². The number of oxime groups is 1. The lowest BCUT2D eigenvalue weighted by Gasteiger charge is -2.08. The topological polar surface area (TPSA) is 72.8 Å². The van der Waals surface area contributed by atoms with Crippen molar-refractivity contribution in [3.05, 3.63) is 54.4 Å². The zero-order valence-electron chi connectivity index (χ0n) is 17.9. The monoisotopic (exact) mass is 411 g/mol. The maximum Gasteiger partial charge on any atom is 0.437 e. The summed E-state index contributed by atoms with van der Waals surface area (Å²) in [5.74, 6) is 0.795.